The molecule has 0 bridgehead atoms. The molecular weight excluding hydrogens is 298 g/mol. The average molecular weight is 320 g/mol. The highest BCUT2D eigenvalue weighted by atomic mass is 79.9. The summed E-state index contributed by atoms with van der Waals surface area (Å²) in [5.41, 5.74) is -0.442. The summed E-state index contributed by atoms with van der Waals surface area (Å²) < 4.78 is 9.24. The molecule has 18 heavy (non-hydrogen) atoms. The van der Waals surface area contributed by atoms with Crippen LogP contribution in [0, 0.1) is 0 Å². The Morgan fingerprint density at radius 1 is 1.44 bits per heavy atom. The van der Waals surface area contributed by atoms with Crippen molar-refractivity contribution in [3.05, 3.63) is 18.7 Å². The number of imidazole rings is 1. The number of ether oxygens (including phenoxy) is 1. The minimum absolute atomic E-state index is 0. The van der Waals surface area contributed by atoms with Gasteiger partial charge in [-0.1, -0.05) is 0 Å². The first kappa shape index (κ1) is 17.0. The van der Waals surface area contributed by atoms with Crippen molar-refractivity contribution in [2.75, 3.05) is 6.54 Å². The predicted molar refractivity (Wildman–Crippen MR) is 64.5 cm³/mol. The Morgan fingerprint density at radius 2 is 2.11 bits per heavy atom. The van der Waals surface area contributed by atoms with Gasteiger partial charge in [0, 0.05) is 0 Å². The van der Waals surface area contributed by atoms with Crippen molar-refractivity contribution >= 4 is 6.09 Å². The fourth-order valence-corrected chi connectivity index (χ4v) is 1.36. The molecule has 0 aliphatic rings. The van der Waals surface area contributed by atoms with Crippen molar-refractivity contribution in [1.82, 2.24) is 9.88 Å². The number of carbonyl (C=O) groups excluding carboxylic acids is 1. The Hall–Kier alpha value is -1.04. The Bertz CT molecular complexity index is 372. The monoisotopic (exact) mass is 319 g/mol. The van der Waals surface area contributed by atoms with Gasteiger partial charge in [-0.25, -0.2) is 13.9 Å². The molecule has 0 aromatic carbocycles. The molecule has 5 nitrogen and oxygen atoms in total. The molecule has 1 amide bonds. The van der Waals surface area contributed by atoms with Crippen LogP contribution in [0.15, 0.2) is 18.7 Å². The van der Waals surface area contributed by atoms with Gasteiger partial charge in [0.1, 0.15) is 24.5 Å². The summed E-state index contributed by atoms with van der Waals surface area (Å²) in [5.74, 6) is 0. The van der Waals surface area contributed by atoms with Crippen LogP contribution in [-0.4, -0.2) is 22.8 Å². The second-order valence-electron chi connectivity index (χ2n) is 4.91. The largest absolute Gasteiger partial charge is 1.00 e. The SMILES string of the molecule is CCn1cc[n+](CCNC(=O)OC(C)(C)C)c1.[Br-]. The number of amides is 1. The van der Waals surface area contributed by atoms with Crippen LogP contribution in [0.5, 0.6) is 0 Å². The molecule has 1 N–H and O–H groups in total. The molecule has 1 heterocycles. The molecule has 0 aliphatic carbocycles. The minimum atomic E-state index is -0.442. The van der Waals surface area contributed by atoms with Crippen molar-refractivity contribution < 1.29 is 31.1 Å². The Labute approximate surface area is 119 Å². The third-order valence-corrected chi connectivity index (χ3v) is 2.15. The average Bonchev–Trinajstić information content (AvgIpc) is 2.63. The number of hydrogen-bond donors (Lipinski definition) is 1. The third-order valence-electron chi connectivity index (χ3n) is 2.15. The Kier molecular flexibility index (Phi) is 6.98. The first-order chi connectivity index (χ1) is 7.90. The molecule has 6 heteroatoms. The van der Waals surface area contributed by atoms with Crippen LogP contribution >= 0.6 is 0 Å². The maximum atomic E-state index is 11.4. The molecule has 0 fully saturated rings. The zero-order chi connectivity index (χ0) is 12.9. The summed E-state index contributed by atoms with van der Waals surface area (Å²) in [6.07, 6.45) is 5.64. The van der Waals surface area contributed by atoms with Gasteiger partial charge in [-0.15, -0.1) is 0 Å². The second kappa shape index (κ2) is 7.41. The summed E-state index contributed by atoms with van der Waals surface area (Å²) >= 11 is 0. The van der Waals surface area contributed by atoms with Crippen LogP contribution in [0.2, 0.25) is 0 Å². The topological polar surface area (TPSA) is 47.1 Å². The van der Waals surface area contributed by atoms with E-state index in [2.05, 4.69) is 16.8 Å². The highest BCUT2D eigenvalue weighted by Gasteiger charge is 2.15. The first-order valence-electron chi connectivity index (χ1n) is 5.92. The van der Waals surface area contributed by atoms with E-state index in [4.69, 9.17) is 4.74 Å². The summed E-state index contributed by atoms with van der Waals surface area (Å²) in [5, 5.41) is 2.72. The van der Waals surface area contributed by atoms with E-state index in [1.54, 1.807) is 0 Å². The number of hydrogen-bond acceptors (Lipinski definition) is 2. The molecule has 104 valence electrons. The smallest absolute Gasteiger partial charge is 0.407 e. The fraction of sp³-hybridized carbons (Fsp3) is 0.667. The van der Waals surface area contributed by atoms with Gasteiger partial charge in [0.15, 0.2) is 0 Å². The van der Waals surface area contributed by atoms with Gasteiger partial charge in [-0.2, -0.15) is 0 Å². The van der Waals surface area contributed by atoms with Crippen molar-refractivity contribution in [2.24, 2.45) is 0 Å². The second-order valence-corrected chi connectivity index (χ2v) is 4.91. The van der Waals surface area contributed by atoms with Crippen LogP contribution in [0.25, 0.3) is 0 Å². The Balaban J connectivity index is 0.00000289. The third kappa shape index (κ3) is 6.64. The summed E-state index contributed by atoms with van der Waals surface area (Å²) in [6.45, 7) is 9.89. The molecule has 0 unspecified atom stereocenters. The van der Waals surface area contributed by atoms with E-state index < -0.39 is 5.60 Å². The maximum absolute atomic E-state index is 11.4. The lowest BCUT2D eigenvalue weighted by atomic mass is 10.2. The van der Waals surface area contributed by atoms with Crippen LogP contribution < -0.4 is 26.9 Å². The minimum Gasteiger partial charge on any atom is -1.00 e. The normalized spacial score (nSPS) is 10.7. The van der Waals surface area contributed by atoms with Gasteiger partial charge in [0.2, 0.25) is 6.33 Å². The lowest BCUT2D eigenvalue weighted by Gasteiger charge is -2.19. The number of aromatic nitrogens is 2. The zero-order valence-corrected chi connectivity index (χ0v) is 13.0. The van der Waals surface area contributed by atoms with E-state index in [-0.39, 0.29) is 23.1 Å². The van der Waals surface area contributed by atoms with Crippen LogP contribution in [0.1, 0.15) is 27.7 Å². The van der Waals surface area contributed by atoms with Crippen molar-refractivity contribution in [3.8, 4) is 0 Å². The van der Waals surface area contributed by atoms with Crippen molar-refractivity contribution in [3.63, 3.8) is 0 Å². The molecule has 0 atom stereocenters. The van der Waals surface area contributed by atoms with E-state index in [0.29, 0.717) is 6.54 Å². The molecule has 0 aliphatic heterocycles. The summed E-state index contributed by atoms with van der Waals surface area (Å²) in [6, 6.07) is 0. The number of nitrogens with zero attached hydrogens (tertiary/aromatic N) is 2. The number of rotatable bonds is 4. The van der Waals surface area contributed by atoms with E-state index in [1.165, 1.54) is 0 Å². The van der Waals surface area contributed by atoms with Crippen LogP contribution in [-0.2, 0) is 17.8 Å². The van der Waals surface area contributed by atoms with Crippen molar-refractivity contribution in [2.45, 2.75) is 46.4 Å². The highest BCUT2D eigenvalue weighted by molar-refractivity contribution is 5.67. The molecule has 0 spiro atoms. The highest BCUT2D eigenvalue weighted by Crippen LogP contribution is 2.05. The van der Waals surface area contributed by atoms with E-state index >= 15 is 0 Å². The van der Waals surface area contributed by atoms with Gasteiger partial charge >= 0.3 is 6.09 Å². The lowest BCUT2D eigenvalue weighted by molar-refractivity contribution is -0.694. The number of alkyl carbamates (subject to hydrolysis) is 1. The Morgan fingerprint density at radius 3 is 2.61 bits per heavy atom. The fourth-order valence-electron chi connectivity index (χ4n) is 1.36. The molecule has 0 saturated heterocycles. The number of nitrogens with one attached hydrogen (secondary N) is 1. The van der Waals surface area contributed by atoms with Gasteiger partial charge in [-0.05, 0) is 27.7 Å². The molecule has 1 aromatic heterocycles. The van der Waals surface area contributed by atoms with E-state index in [9.17, 15) is 4.79 Å². The quantitative estimate of drug-likeness (QED) is 0.674. The summed E-state index contributed by atoms with van der Waals surface area (Å²) in [4.78, 5) is 11.4. The van der Waals surface area contributed by atoms with Gasteiger partial charge in [0.05, 0.1) is 13.1 Å². The number of halogens is 1. The lowest BCUT2D eigenvalue weighted by Crippen LogP contribution is -3.00. The predicted octanol–water partition coefficient (Wildman–Crippen LogP) is -1.68. The van der Waals surface area contributed by atoms with Gasteiger partial charge < -0.3 is 27.0 Å². The summed E-state index contributed by atoms with van der Waals surface area (Å²) in [7, 11) is 0. The van der Waals surface area contributed by atoms with Gasteiger partial charge in [0.25, 0.3) is 0 Å². The van der Waals surface area contributed by atoms with Crippen molar-refractivity contribution in [1.29, 1.82) is 0 Å². The molecule has 1 rings (SSSR count). The van der Waals surface area contributed by atoms with E-state index in [0.717, 1.165) is 13.1 Å². The number of aryl methyl sites for hydroxylation is 1. The molecular formula is C12H22BrN3O2. The zero-order valence-electron chi connectivity index (χ0n) is 11.4. The first-order valence-corrected chi connectivity index (χ1v) is 5.92. The van der Waals surface area contributed by atoms with Gasteiger partial charge in [-0.3, -0.25) is 0 Å². The standard InChI is InChI=1S/C12H21N3O2.BrH/c1-5-14-8-9-15(10-14)7-6-13-11(16)17-12(2,3)4;/h8-10H,5-7H2,1-4H3;1H. The molecule has 0 saturated carbocycles. The molecule has 0 radical (unpaired) electrons. The van der Waals surface area contributed by atoms with Crippen LogP contribution in [0.4, 0.5) is 4.79 Å². The van der Waals surface area contributed by atoms with E-state index in [1.807, 2.05) is 44.1 Å². The molecule has 1 aromatic rings. The van der Waals surface area contributed by atoms with Crippen LogP contribution in [0.3, 0.4) is 0 Å². The number of carbonyl (C=O) groups is 1. The maximum Gasteiger partial charge on any atom is 0.407 e.